The molecule has 2 aliphatic carbocycles. The maximum atomic E-state index is 11.9. The Balaban J connectivity index is 1.31. The van der Waals surface area contributed by atoms with Gasteiger partial charge in [0.1, 0.15) is 12.4 Å². The molecular formula is C32H38Cl2N2O5. The van der Waals surface area contributed by atoms with Crippen LogP contribution in [0, 0.1) is 11.8 Å². The molecule has 7 nitrogen and oxygen atoms in total. The largest absolute Gasteiger partial charge is 0.491 e. The molecule has 9 heteroatoms. The quantitative estimate of drug-likeness (QED) is 0.298. The zero-order valence-corrected chi connectivity index (χ0v) is 25.1. The zero-order valence-electron chi connectivity index (χ0n) is 23.5. The van der Waals surface area contributed by atoms with Crippen LogP contribution in [0.25, 0.3) is 0 Å². The van der Waals surface area contributed by atoms with E-state index in [1.54, 1.807) is 0 Å². The molecule has 1 heterocycles. The summed E-state index contributed by atoms with van der Waals surface area (Å²) >= 11 is 12.9. The minimum absolute atomic E-state index is 0.127. The number of carbonyl (C=O) groups excluding carboxylic acids is 2. The first kappa shape index (κ1) is 29.9. The molecule has 220 valence electrons. The van der Waals surface area contributed by atoms with Crippen molar-refractivity contribution in [3.05, 3.63) is 62.6 Å². The summed E-state index contributed by atoms with van der Waals surface area (Å²) in [4.78, 5) is 39.2. The number of nitrogens with zero attached hydrogens (tertiary/aromatic N) is 2. The van der Waals surface area contributed by atoms with Crippen LogP contribution in [0.5, 0.6) is 5.75 Å². The number of aryl methyl sites for hydroxylation is 1. The molecule has 3 aliphatic rings. The highest BCUT2D eigenvalue weighted by molar-refractivity contribution is 6.42. The Bertz CT molecular complexity index is 1290. The van der Waals surface area contributed by atoms with Gasteiger partial charge in [0.15, 0.2) is 0 Å². The van der Waals surface area contributed by atoms with E-state index in [1.165, 1.54) is 16.0 Å². The van der Waals surface area contributed by atoms with Crippen molar-refractivity contribution >= 4 is 41.0 Å². The first-order valence-electron chi connectivity index (χ1n) is 14.8. The fraction of sp³-hybridized carbons (Fsp3) is 0.531. The van der Waals surface area contributed by atoms with Crippen LogP contribution >= 0.6 is 23.2 Å². The Morgan fingerprint density at radius 1 is 1.02 bits per heavy atom. The summed E-state index contributed by atoms with van der Waals surface area (Å²) in [6.07, 6.45) is 6.53. The third-order valence-corrected chi connectivity index (χ3v) is 9.85. The van der Waals surface area contributed by atoms with Gasteiger partial charge in [-0.05, 0) is 85.3 Å². The molecule has 1 N–H and O–H groups in total. The van der Waals surface area contributed by atoms with E-state index in [1.807, 2.05) is 12.1 Å². The molecule has 1 aliphatic heterocycles. The summed E-state index contributed by atoms with van der Waals surface area (Å²) in [6.45, 7) is 4.30. The summed E-state index contributed by atoms with van der Waals surface area (Å²) in [5.74, 6) is 0.0681. The second-order valence-electron chi connectivity index (χ2n) is 11.6. The third kappa shape index (κ3) is 6.73. The van der Waals surface area contributed by atoms with Crippen molar-refractivity contribution in [2.75, 3.05) is 19.7 Å². The molecule has 5 rings (SSSR count). The van der Waals surface area contributed by atoms with Crippen molar-refractivity contribution in [1.29, 1.82) is 0 Å². The summed E-state index contributed by atoms with van der Waals surface area (Å²) in [5.41, 5.74) is 4.65. The lowest BCUT2D eigenvalue weighted by Gasteiger charge is -2.35. The lowest BCUT2D eigenvalue weighted by molar-refractivity contribution is -0.143. The van der Waals surface area contributed by atoms with Crippen LogP contribution in [0.15, 0.2) is 30.3 Å². The van der Waals surface area contributed by atoms with Gasteiger partial charge in [0.05, 0.1) is 22.5 Å². The van der Waals surface area contributed by atoms with E-state index in [9.17, 15) is 19.5 Å². The molecule has 0 unspecified atom stereocenters. The minimum Gasteiger partial charge on any atom is -0.491 e. The predicted octanol–water partition coefficient (Wildman–Crippen LogP) is 6.46. The van der Waals surface area contributed by atoms with Crippen molar-refractivity contribution in [2.24, 2.45) is 11.8 Å². The van der Waals surface area contributed by atoms with Gasteiger partial charge in [-0.25, -0.2) is 0 Å². The van der Waals surface area contributed by atoms with E-state index in [-0.39, 0.29) is 49.8 Å². The number of rotatable bonds is 11. The molecule has 0 bridgehead atoms. The standard InChI is InChI=1S/C32H38Cl2N2O5/c1-2-22-17-21(5-12-28(22)41-16-15-36-29(37)13-14-30(36)38)19-35(18-20-3-6-23(7-4-20)32(39)40)27-11-9-25-24(27)8-10-26(33)31(25)34/h5,8,10,12,17,20,23,27H,2-4,6-7,9,11,13-16,18-19H2,1H3,(H,39,40)/t20?,23?,27-/m0/s1. The second-order valence-corrected chi connectivity index (χ2v) is 12.3. The Morgan fingerprint density at radius 2 is 1.76 bits per heavy atom. The van der Waals surface area contributed by atoms with Crippen molar-refractivity contribution < 1.29 is 24.2 Å². The molecule has 2 aromatic rings. The highest BCUT2D eigenvalue weighted by Gasteiger charge is 2.34. The number of hydrogen-bond acceptors (Lipinski definition) is 5. The highest BCUT2D eigenvalue weighted by atomic mass is 35.5. The molecule has 2 amide bonds. The normalized spacial score (nSPS) is 22.4. The molecule has 2 fully saturated rings. The SMILES string of the molecule is CCc1cc(CN(CC2CCC(C(=O)O)CC2)[C@H]2CCc3c2ccc(Cl)c3Cl)ccc1OCCN1C(=O)CCC1=O. The number of fused-ring (bicyclic) bond motifs is 1. The summed E-state index contributed by atoms with van der Waals surface area (Å²) in [6, 6.07) is 10.5. The Labute approximate surface area is 251 Å². The van der Waals surface area contributed by atoms with Gasteiger partial charge in [-0.2, -0.15) is 0 Å². The number of likely N-dealkylation sites (tertiary alicyclic amines) is 1. The van der Waals surface area contributed by atoms with Crippen LogP contribution in [-0.4, -0.2) is 52.4 Å². The van der Waals surface area contributed by atoms with Crippen LogP contribution in [-0.2, 0) is 33.8 Å². The smallest absolute Gasteiger partial charge is 0.306 e. The van der Waals surface area contributed by atoms with E-state index >= 15 is 0 Å². The zero-order chi connectivity index (χ0) is 29.1. The number of halogens is 2. The van der Waals surface area contributed by atoms with Gasteiger partial charge in [-0.3, -0.25) is 24.2 Å². The summed E-state index contributed by atoms with van der Waals surface area (Å²) < 4.78 is 6.03. The number of carbonyl (C=O) groups is 3. The molecule has 2 aromatic carbocycles. The Morgan fingerprint density at radius 3 is 2.44 bits per heavy atom. The van der Waals surface area contributed by atoms with Gasteiger partial charge >= 0.3 is 5.97 Å². The monoisotopic (exact) mass is 600 g/mol. The fourth-order valence-corrected chi connectivity index (χ4v) is 7.16. The first-order chi connectivity index (χ1) is 19.7. The number of amides is 2. The molecular weight excluding hydrogens is 563 g/mol. The van der Waals surface area contributed by atoms with Gasteiger partial charge in [0.2, 0.25) is 11.8 Å². The average molecular weight is 602 g/mol. The van der Waals surface area contributed by atoms with E-state index in [0.29, 0.717) is 16.0 Å². The van der Waals surface area contributed by atoms with E-state index in [2.05, 4.69) is 30.0 Å². The van der Waals surface area contributed by atoms with Gasteiger partial charge < -0.3 is 9.84 Å². The number of hydrogen-bond donors (Lipinski definition) is 1. The molecule has 1 saturated carbocycles. The van der Waals surface area contributed by atoms with E-state index in [0.717, 1.165) is 74.9 Å². The third-order valence-electron chi connectivity index (χ3n) is 9.01. The molecule has 41 heavy (non-hydrogen) atoms. The number of benzene rings is 2. The average Bonchev–Trinajstić information content (AvgIpc) is 3.54. The highest BCUT2D eigenvalue weighted by Crippen LogP contribution is 2.43. The topological polar surface area (TPSA) is 87.2 Å². The van der Waals surface area contributed by atoms with Gasteiger partial charge in [0.25, 0.3) is 0 Å². The maximum absolute atomic E-state index is 11.9. The molecule has 0 aromatic heterocycles. The van der Waals surface area contributed by atoms with Crippen molar-refractivity contribution in [1.82, 2.24) is 9.80 Å². The van der Waals surface area contributed by atoms with Crippen LogP contribution in [0.4, 0.5) is 0 Å². The predicted molar refractivity (Wildman–Crippen MR) is 158 cm³/mol. The van der Waals surface area contributed by atoms with Crippen LogP contribution < -0.4 is 4.74 Å². The minimum atomic E-state index is -0.676. The van der Waals surface area contributed by atoms with E-state index < -0.39 is 5.97 Å². The van der Waals surface area contributed by atoms with Crippen molar-refractivity contribution in [3.63, 3.8) is 0 Å². The lowest BCUT2D eigenvalue weighted by atomic mass is 9.81. The Kier molecular flexibility index (Phi) is 9.57. The molecule has 1 atom stereocenters. The van der Waals surface area contributed by atoms with E-state index in [4.69, 9.17) is 27.9 Å². The van der Waals surface area contributed by atoms with Crippen LogP contribution in [0.3, 0.4) is 0 Å². The summed E-state index contributed by atoms with van der Waals surface area (Å²) in [7, 11) is 0. The fourth-order valence-electron chi connectivity index (χ4n) is 6.72. The van der Waals surface area contributed by atoms with Gasteiger partial charge in [-0.15, -0.1) is 0 Å². The lowest BCUT2D eigenvalue weighted by Crippen LogP contribution is -2.34. The Hall–Kier alpha value is -2.61. The van der Waals surface area contributed by atoms with Gasteiger partial charge in [-0.1, -0.05) is 48.3 Å². The van der Waals surface area contributed by atoms with Crippen molar-refractivity contribution in [3.8, 4) is 5.75 Å². The van der Waals surface area contributed by atoms with Crippen LogP contribution in [0.1, 0.15) is 80.2 Å². The molecule has 0 spiro atoms. The number of aliphatic carboxylic acids is 1. The number of imide groups is 1. The summed E-state index contributed by atoms with van der Waals surface area (Å²) in [5, 5.41) is 10.7. The second kappa shape index (κ2) is 13.1. The van der Waals surface area contributed by atoms with Crippen molar-refractivity contribution in [2.45, 2.75) is 77.3 Å². The molecule has 1 saturated heterocycles. The van der Waals surface area contributed by atoms with Gasteiger partial charge in [0, 0.05) is 32.0 Å². The molecule has 0 radical (unpaired) electrons. The number of carboxylic acids is 1. The van der Waals surface area contributed by atoms with Crippen LogP contribution in [0.2, 0.25) is 10.0 Å². The maximum Gasteiger partial charge on any atom is 0.306 e. The number of carboxylic acid groups (broad SMARTS) is 1. The first-order valence-corrected chi connectivity index (χ1v) is 15.5. The number of ether oxygens (including phenoxy) is 1.